The van der Waals surface area contributed by atoms with Gasteiger partial charge in [0.25, 0.3) is 5.91 Å². The number of hydrogen-bond donors (Lipinski definition) is 4. The number of halogens is 1. The van der Waals surface area contributed by atoms with Gasteiger partial charge >= 0.3 is 0 Å². The van der Waals surface area contributed by atoms with E-state index in [4.69, 9.17) is 12.2 Å². The minimum Gasteiger partial charge on any atom is -0.357 e. The molecule has 0 bridgehead atoms. The molecule has 4 N–H and O–H groups in total. The van der Waals surface area contributed by atoms with Crippen LogP contribution in [0, 0.1) is 9.77 Å². The predicted octanol–water partition coefficient (Wildman–Crippen LogP) is -0.209. The molecule has 1 aromatic carbocycles. The van der Waals surface area contributed by atoms with Crippen LogP contribution in [0.2, 0.25) is 0 Å². The lowest BCUT2D eigenvalue weighted by atomic mass is 10.3. The lowest BCUT2D eigenvalue weighted by Crippen LogP contribution is -3.28. The summed E-state index contributed by atoms with van der Waals surface area (Å²) < 4.78 is 15.6. The molecule has 1 amide bonds. The van der Waals surface area contributed by atoms with Gasteiger partial charge in [-0.2, -0.15) is 4.68 Å². The van der Waals surface area contributed by atoms with E-state index in [1.165, 1.54) is 33.3 Å². The van der Waals surface area contributed by atoms with Crippen molar-refractivity contribution in [3.05, 3.63) is 46.7 Å². The Labute approximate surface area is 172 Å². The van der Waals surface area contributed by atoms with Crippen LogP contribution >= 0.6 is 23.6 Å². The van der Waals surface area contributed by atoms with Crippen LogP contribution in [0.15, 0.2) is 36.9 Å². The first-order valence-electron chi connectivity index (χ1n) is 9.19. The van der Waals surface area contributed by atoms with E-state index in [2.05, 4.69) is 22.3 Å². The summed E-state index contributed by atoms with van der Waals surface area (Å²) in [6.45, 7) is 9.22. The normalized spacial score (nSPS) is 19.2. The number of amides is 1. The van der Waals surface area contributed by atoms with Gasteiger partial charge in [0.1, 0.15) is 32.0 Å². The second kappa shape index (κ2) is 9.87. The summed E-state index contributed by atoms with van der Waals surface area (Å²) in [5, 5.41) is 11.3. The van der Waals surface area contributed by atoms with Gasteiger partial charge in [-0.1, -0.05) is 17.4 Å². The summed E-state index contributed by atoms with van der Waals surface area (Å²) in [7, 11) is 0. The highest BCUT2D eigenvalue weighted by molar-refractivity contribution is 7.73. The average molecular weight is 425 g/mol. The van der Waals surface area contributed by atoms with Gasteiger partial charge in [-0.3, -0.25) is 4.79 Å². The fourth-order valence-corrected chi connectivity index (χ4v) is 4.12. The van der Waals surface area contributed by atoms with Crippen molar-refractivity contribution in [1.82, 2.24) is 9.78 Å². The SMILES string of the molecule is C=CCNc1nn(C[NH+]2CC[NH+](CC(=O)Nc3ccc(F)cc3)CC2)c(=S)s1. The molecular weight excluding hydrogens is 399 g/mol. The quantitative estimate of drug-likeness (QED) is 0.350. The maximum absolute atomic E-state index is 12.9. The third-order valence-electron chi connectivity index (χ3n) is 4.58. The van der Waals surface area contributed by atoms with E-state index in [0.29, 0.717) is 18.8 Å². The molecule has 2 aromatic rings. The highest BCUT2D eigenvalue weighted by Gasteiger charge is 2.25. The van der Waals surface area contributed by atoms with Gasteiger partial charge in [0, 0.05) is 12.2 Å². The maximum atomic E-state index is 12.9. The number of anilines is 2. The van der Waals surface area contributed by atoms with Crippen LogP contribution in [-0.4, -0.2) is 55.0 Å². The number of rotatable bonds is 8. The van der Waals surface area contributed by atoms with Crippen molar-refractivity contribution in [2.75, 3.05) is 49.9 Å². The highest BCUT2D eigenvalue weighted by atomic mass is 32.1. The zero-order chi connectivity index (χ0) is 19.9. The summed E-state index contributed by atoms with van der Waals surface area (Å²) in [5.74, 6) is -0.365. The summed E-state index contributed by atoms with van der Waals surface area (Å²) in [4.78, 5) is 14.8. The first-order valence-corrected chi connectivity index (χ1v) is 10.4. The Morgan fingerprint density at radius 2 is 1.96 bits per heavy atom. The Morgan fingerprint density at radius 3 is 2.64 bits per heavy atom. The van der Waals surface area contributed by atoms with E-state index in [0.717, 1.165) is 41.9 Å². The van der Waals surface area contributed by atoms with Gasteiger partial charge in [0.15, 0.2) is 17.2 Å². The Kier molecular flexibility index (Phi) is 7.26. The predicted molar refractivity (Wildman–Crippen MR) is 111 cm³/mol. The number of aromatic nitrogens is 2. The molecule has 150 valence electrons. The van der Waals surface area contributed by atoms with Crippen molar-refractivity contribution >= 4 is 40.3 Å². The second-order valence-electron chi connectivity index (χ2n) is 6.73. The van der Waals surface area contributed by atoms with Crippen LogP contribution in [-0.2, 0) is 11.5 Å². The van der Waals surface area contributed by atoms with Gasteiger partial charge in [-0.15, -0.1) is 11.7 Å². The Hall–Kier alpha value is -2.14. The van der Waals surface area contributed by atoms with Gasteiger partial charge < -0.3 is 20.4 Å². The Balaban J connectivity index is 1.43. The molecule has 0 saturated carbocycles. The van der Waals surface area contributed by atoms with E-state index in [-0.39, 0.29) is 11.7 Å². The van der Waals surface area contributed by atoms with E-state index >= 15 is 0 Å². The molecule has 0 aliphatic carbocycles. The highest BCUT2D eigenvalue weighted by Crippen LogP contribution is 2.13. The van der Waals surface area contributed by atoms with Gasteiger partial charge in [-0.05, 0) is 36.5 Å². The van der Waals surface area contributed by atoms with Crippen LogP contribution in [0.4, 0.5) is 15.2 Å². The molecule has 0 radical (unpaired) electrons. The zero-order valence-corrected chi connectivity index (χ0v) is 17.2. The largest absolute Gasteiger partial charge is 0.357 e. The lowest BCUT2D eigenvalue weighted by Gasteiger charge is -2.29. The van der Waals surface area contributed by atoms with Crippen molar-refractivity contribution < 1.29 is 19.0 Å². The number of piperazine rings is 1. The van der Waals surface area contributed by atoms with Crippen molar-refractivity contribution in [2.24, 2.45) is 0 Å². The summed E-state index contributed by atoms with van der Waals surface area (Å²) in [5.41, 5.74) is 0.619. The third-order valence-corrected chi connectivity index (χ3v) is 5.85. The molecule has 1 aliphatic heterocycles. The van der Waals surface area contributed by atoms with Gasteiger partial charge in [0.05, 0.1) is 0 Å². The fraction of sp³-hybridized carbons (Fsp3) is 0.389. The number of benzene rings is 1. The molecule has 0 spiro atoms. The van der Waals surface area contributed by atoms with Gasteiger partial charge in [-0.25, -0.2) is 4.39 Å². The van der Waals surface area contributed by atoms with Crippen LogP contribution in [0.3, 0.4) is 0 Å². The molecule has 1 aliphatic rings. The smallest absolute Gasteiger partial charge is 0.279 e. The summed E-state index contributed by atoms with van der Waals surface area (Å²) in [6.07, 6.45) is 1.79. The number of carbonyl (C=O) groups excluding carboxylic acids is 1. The minimum atomic E-state index is -0.313. The third kappa shape index (κ3) is 5.93. The molecule has 1 aromatic heterocycles. The van der Waals surface area contributed by atoms with Crippen LogP contribution in [0.5, 0.6) is 0 Å². The Bertz CT molecular complexity index is 858. The monoisotopic (exact) mass is 424 g/mol. The maximum Gasteiger partial charge on any atom is 0.279 e. The van der Waals surface area contributed by atoms with Crippen molar-refractivity contribution in [2.45, 2.75) is 6.67 Å². The van der Waals surface area contributed by atoms with E-state index < -0.39 is 0 Å². The lowest BCUT2D eigenvalue weighted by molar-refractivity contribution is -1.02. The van der Waals surface area contributed by atoms with Crippen molar-refractivity contribution in [3.8, 4) is 0 Å². The number of carbonyl (C=O) groups is 1. The summed E-state index contributed by atoms with van der Waals surface area (Å²) in [6, 6.07) is 5.82. The van der Waals surface area contributed by atoms with E-state index in [1.54, 1.807) is 18.2 Å². The molecule has 2 heterocycles. The Morgan fingerprint density at radius 1 is 1.29 bits per heavy atom. The van der Waals surface area contributed by atoms with Crippen molar-refractivity contribution in [1.29, 1.82) is 0 Å². The minimum absolute atomic E-state index is 0.0512. The topological polar surface area (TPSA) is 67.8 Å². The fourth-order valence-electron chi connectivity index (χ4n) is 3.11. The molecule has 10 heteroatoms. The molecule has 1 saturated heterocycles. The van der Waals surface area contributed by atoms with Crippen molar-refractivity contribution in [3.63, 3.8) is 0 Å². The second-order valence-corrected chi connectivity index (χ2v) is 8.35. The number of nitrogens with zero attached hydrogens (tertiary/aromatic N) is 2. The molecular formula is C18H25FN6OS2+2. The number of quaternary nitrogens is 2. The molecule has 1 fully saturated rings. The van der Waals surface area contributed by atoms with E-state index in [9.17, 15) is 9.18 Å². The zero-order valence-electron chi connectivity index (χ0n) is 15.5. The summed E-state index contributed by atoms with van der Waals surface area (Å²) >= 11 is 6.87. The first kappa shape index (κ1) is 20.6. The average Bonchev–Trinajstić information content (AvgIpc) is 3.03. The first-order chi connectivity index (χ1) is 13.5. The van der Waals surface area contributed by atoms with E-state index in [1.807, 2.05) is 4.68 Å². The molecule has 0 unspecified atom stereocenters. The molecule has 3 rings (SSSR count). The molecule has 28 heavy (non-hydrogen) atoms. The number of nitrogens with one attached hydrogen (secondary N) is 4. The number of hydrogen-bond acceptors (Lipinski definition) is 5. The molecule has 0 atom stereocenters. The van der Waals surface area contributed by atoms with Crippen LogP contribution < -0.4 is 20.4 Å². The molecule has 7 nitrogen and oxygen atoms in total. The van der Waals surface area contributed by atoms with Crippen LogP contribution in [0.1, 0.15) is 0 Å². The standard InChI is InChI=1S/C18H23FN6OS2/c1-2-7-20-17-22-25(18(27)28-17)13-24-10-8-23(9-11-24)12-16(26)21-15-5-3-14(19)4-6-15/h2-6H,1,7-13H2,(H,20,22)(H,21,26)/p+2. The van der Waals surface area contributed by atoms with Gasteiger partial charge in [0.2, 0.25) is 5.13 Å². The van der Waals surface area contributed by atoms with Crippen LogP contribution in [0.25, 0.3) is 0 Å².